The summed E-state index contributed by atoms with van der Waals surface area (Å²) in [5.41, 5.74) is 1.38. The molecule has 0 unspecified atom stereocenters. The first-order valence-electron chi connectivity index (χ1n) is 4.40. The Kier molecular flexibility index (Phi) is 3.27. The largest absolute Gasteiger partial charge is 0.367 e. The predicted octanol–water partition coefficient (Wildman–Crippen LogP) is 1.78. The molecular weight excluding hydrogens is 234 g/mol. The Morgan fingerprint density at radius 1 is 1.53 bits per heavy atom. The van der Waals surface area contributed by atoms with E-state index in [0.29, 0.717) is 11.5 Å². The molecule has 0 atom stereocenters. The summed E-state index contributed by atoms with van der Waals surface area (Å²) in [5.74, 6) is 1.72. The minimum Gasteiger partial charge on any atom is -0.367 e. The van der Waals surface area contributed by atoms with Gasteiger partial charge in [-0.25, -0.2) is 4.98 Å². The van der Waals surface area contributed by atoms with Crippen LogP contribution in [0.15, 0.2) is 6.33 Å². The summed E-state index contributed by atoms with van der Waals surface area (Å²) < 4.78 is 0. The second-order valence-electron chi connectivity index (χ2n) is 2.86. The fourth-order valence-electron chi connectivity index (χ4n) is 1.21. The van der Waals surface area contributed by atoms with Crippen molar-refractivity contribution in [2.75, 3.05) is 23.9 Å². The maximum atomic E-state index is 5.77. The molecule has 2 N–H and O–H groups in total. The van der Waals surface area contributed by atoms with Gasteiger partial charge in [-0.3, -0.25) is 0 Å². The number of rotatable bonds is 4. The summed E-state index contributed by atoms with van der Waals surface area (Å²) in [4.78, 5) is 15.1. The number of H-pyrrole nitrogens is 1. The molecule has 0 saturated heterocycles. The van der Waals surface area contributed by atoms with Crippen LogP contribution in [0.3, 0.4) is 0 Å². The Morgan fingerprint density at radius 2 is 2.40 bits per heavy atom. The van der Waals surface area contributed by atoms with Crippen molar-refractivity contribution in [3.63, 3.8) is 0 Å². The van der Waals surface area contributed by atoms with Gasteiger partial charge in [-0.15, -0.1) is 0 Å². The third kappa shape index (κ3) is 2.32. The van der Waals surface area contributed by atoms with Crippen LogP contribution in [0.4, 0.5) is 5.82 Å². The number of nitrogens with one attached hydrogen (secondary N) is 2. The molecule has 0 aliphatic heterocycles. The predicted molar refractivity (Wildman–Crippen MR) is 63.6 cm³/mol. The van der Waals surface area contributed by atoms with Crippen molar-refractivity contribution >= 4 is 40.3 Å². The number of hydrogen-bond donors (Lipinski definition) is 2. The van der Waals surface area contributed by atoms with Crippen molar-refractivity contribution in [2.45, 2.75) is 0 Å². The number of hydrogen-bond acceptors (Lipinski definition) is 5. The molecule has 0 radical (unpaired) electrons. The first-order valence-corrected chi connectivity index (χ1v) is 6.18. The third-order valence-corrected chi connectivity index (χ3v) is 2.64. The number of nitrogens with zero attached hydrogens (tertiary/aromatic N) is 3. The van der Waals surface area contributed by atoms with E-state index in [9.17, 15) is 0 Å². The monoisotopic (exact) mass is 243 g/mol. The SMILES string of the molecule is CSCCNc1nc(Cl)nc2nc[nH]c12. The first kappa shape index (κ1) is 10.5. The minimum absolute atomic E-state index is 0.209. The van der Waals surface area contributed by atoms with Crippen molar-refractivity contribution in [3.05, 3.63) is 11.6 Å². The third-order valence-electron chi connectivity index (χ3n) is 1.86. The number of anilines is 1. The van der Waals surface area contributed by atoms with E-state index in [1.165, 1.54) is 0 Å². The highest BCUT2D eigenvalue weighted by molar-refractivity contribution is 7.98. The average Bonchev–Trinajstić information content (AvgIpc) is 2.65. The molecule has 2 aromatic heterocycles. The quantitative estimate of drug-likeness (QED) is 0.633. The zero-order valence-electron chi connectivity index (χ0n) is 8.12. The molecule has 2 rings (SSSR count). The maximum Gasteiger partial charge on any atom is 0.226 e. The Bertz CT molecular complexity index is 457. The van der Waals surface area contributed by atoms with Crippen molar-refractivity contribution in [1.82, 2.24) is 19.9 Å². The highest BCUT2D eigenvalue weighted by Gasteiger charge is 2.07. The lowest BCUT2D eigenvalue weighted by Gasteiger charge is -2.04. The molecule has 5 nitrogen and oxygen atoms in total. The van der Waals surface area contributed by atoms with Crippen LogP contribution < -0.4 is 5.32 Å². The lowest BCUT2D eigenvalue weighted by atomic mass is 10.5. The summed E-state index contributed by atoms with van der Waals surface area (Å²) in [7, 11) is 0. The summed E-state index contributed by atoms with van der Waals surface area (Å²) in [6, 6.07) is 0. The second kappa shape index (κ2) is 4.67. The number of aromatic amines is 1. The summed E-state index contributed by atoms with van der Waals surface area (Å²) in [6.45, 7) is 0.836. The number of fused-ring (bicyclic) bond motifs is 1. The van der Waals surface area contributed by atoms with E-state index in [1.807, 2.05) is 0 Å². The van der Waals surface area contributed by atoms with Crippen LogP contribution in [0.5, 0.6) is 0 Å². The Morgan fingerprint density at radius 3 is 3.20 bits per heavy atom. The molecular formula is C8H10ClN5S. The smallest absolute Gasteiger partial charge is 0.226 e. The van der Waals surface area contributed by atoms with Gasteiger partial charge in [0.2, 0.25) is 5.28 Å². The normalized spacial score (nSPS) is 10.8. The molecule has 15 heavy (non-hydrogen) atoms. The Labute approximate surface area is 96.1 Å². The fourth-order valence-corrected chi connectivity index (χ4v) is 1.68. The van der Waals surface area contributed by atoms with E-state index in [2.05, 4.69) is 31.5 Å². The van der Waals surface area contributed by atoms with Crippen LogP contribution in [0, 0.1) is 0 Å². The molecule has 2 heterocycles. The molecule has 0 fully saturated rings. The number of aromatic nitrogens is 4. The van der Waals surface area contributed by atoms with Gasteiger partial charge in [0.1, 0.15) is 5.52 Å². The summed E-state index contributed by atoms with van der Waals surface area (Å²) in [6.07, 6.45) is 3.63. The minimum atomic E-state index is 0.209. The van der Waals surface area contributed by atoms with E-state index in [1.54, 1.807) is 18.1 Å². The topological polar surface area (TPSA) is 66.5 Å². The highest BCUT2D eigenvalue weighted by atomic mass is 35.5. The molecule has 0 aliphatic rings. The standard InChI is InChI=1S/C8H10ClN5S/c1-15-3-2-10-6-5-7(12-4-11-5)14-8(9)13-6/h4H,2-3H2,1H3,(H2,10,11,12,13,14). The van der Waals surface area contributed by atoms with Gasteiger partial charge in [0, 0.05) is 12.3 Å². The van der Waals surface area contributed by atoms with Crippen LogP contribution in [-0.2, 0) is 0 Å². The second-order valence-corrected chi connectivity index (χ2v) is 4.19. The average molecular weight is 244 g/mol. The van der Waals surface area contributed by atoms with Crippen molar-refractivity contribution in [3.8, 4) is 0 Å². The molecule has 80 valence electrons. The van der Waals surface area contributed by atoms with Crippen LogP contribution >= 0.6 is 23.4 Å². The van der Waals surface area contributed by atoms with Crippen LogP contribution in [-0.4, -0.2) is 38.5 Å². The highest BCUT2D eigenvalue weighted by Crippen LogP contribution is 2.18. The molecule has 2 aromatic rings. The van der Waals surface area contributed by atoms with Crippen molar-refractivity contribution in [1.29, 1.82) is 0 Å². The van der Waals surface area contributed by atoms with Gasteiger partial charge < -0.3 is 10.3 Å². The Hall–Kier alpha value is -1.01. The van der Waals surface area contributed by atoms with Crippen molar-refractivity contribution in [2.24, 2.45) is 0 Å². The van der Waals surface area contributed by atoms with E-state index >= 15 is 0 Å². The van der Waals surface area contributed by atoms with Gasteiger partial charge >= 0.3 is 0 Å². The number of thioether (sulfide) groups is 1. The van der Waals surface area contributed by atoms with Gasteiger partial charge in [-0.05, 0) is 17.9 Å². The molecule has 0 aromatic carbocycles. The zero-order chi connectivity index (χ0) is 10.7. The molecule has 0 amide bonds. The van der Waals surface area contributed by atoms with Gasteiger partial charge in [-0.2, -0.15) is 21.7 Å². The van der Waals surface area contributed by atoms with E-state index < -0.39 is 0 Å². The number of imidazole rings is 1. The fraction of sp³-hybridized carbons (Fsp3) is 0.375. The van der Waals surface area contributed by atoms with E-state index in [-0.39, 0.29) is 5.28 Å². The molecule has 7 heteroatoms. The van der Waals surface area contributed by atoms with Gasteiger partial charge in [0.15, 0.2) is 11.5 Å². The van der Waals surface area contributed by atoms with E-state index in [0.717, 1.165) is 17.8 Å². The zero-order valence-corrected chi connectivity index (χ0v) is 9.69. The van der Waals surface area contributed by atoms with Gasteiger partial charge in [-0.1, -0.05) is 0 Å². The molecule has 0 saturated carbocycles. The van der Waals surface area contributed by atoms with Crippen LogP contribution in [0.1, 0.15) is 0 Å². The van der Waals surface area contributed by atoms with Crippen LogP contribution in [0.25, 0.3) is 11.2 Å². The number of halogens is 1. The molecule has 0 spiro atoms. The van der Waals surface area contributed by atoms with Gasteiger partial charge in [0.05, 0.1) is 6.33 Å². The van der Waals surface area contributed by atoms with E-state index in [4.69, 9.17) is 11.6 Å². The summed E-state index contributed by atoms with van der Waals surface area (Å²) in [5, 5.41) is 3.40. The Balaban J connectivity index is 2.27. The molecule has 0 bridgehead atoms. The van der Waals surface area contributed by atoms with Crippen molar-refractivity contribution < 1.29 is 0 Å². The maximum absolute atomic E-state index is 5.77. The molecule has 0 aliphatic carbocycles. The summed E-state index contributed by atoms with van der Waals surface area (Å²) >= 11 is 7.54. The first-order chi connectivity index (χ1) is 7.31. The lowest BCUT2D eigenvalue weighted by Crippen LogP contribution is -2.06. The van der Waals surface area contributed by atoms with Crippen LogP contribution in [0.2, 0.25) is 5.28 Å². The lowest BCUT2D eigenvalue weighted by molar-refractivity contribution is 1.14. The van der Waals surface area contributed by atoms with Gasteiger partial charge in [0.25, 0.3) is 0 Å².